The van der Waals surface area contributed by atoms with Crippen LogP contribution in [-0.4, -0.2) is 11.5 Å². The van der Waals surface area contributed by atoms with Gasteiger partial charge in [-0.25, -0.2) is 0 Å². The van der Waals surface area contributed by atoms with Crippen molar-refractivity contribution in [3.63, 3.8) is 0 Å². The lowest BCUT2D eigenvalue weighted by atomic mass is 10.2. The average molecular weight is 192 g/mol. The molecule has 0 amide bonds. The van der Waals surface area contributed by atoms with E-state index in [1.54, 1.807) is 6.92 Å². The second-order valence-electron chi connectivity index (χ2n) is 2.50. The Balaban J connectivity index is 2.86. The Labute approximate surface area is 72.6 Å². The molecule has 1 aromatic rings. The summed E-state index contributed by atoms with van der Waals surface area (Å²) in [5.74, 6) is -0.641. The number of hydrogen-bond acceptors (Lipinski definition) is 2. The fraction of sp³-hybridized carbons (Fsp3) is 0.250. The van der Waals surface area contributed by atoms with E-state index < -0.39 is 12.1 Å². The Morgan fingerprint density at radius 1 is 1.31 bits per heavy atom. The number of aromatic hydroxyl groups is 1. The van der Waals surface area contributed by atoms with Crippen molar-refractivity contribution in [1.29, 1.82) is 0 Å². The quantitative estimate of drug-likeness (QED) is 0.741. The van der Waals surface area contributed by atoms with Crippen LogP contribution < -0.4 is 4.74 Å². The summed E-state index contributed by atoms with van der Waals surface area (Å²) >= 11 is 0. The summed E-state index contributed by atoms with van der Waals surface area (Å²) < 4.78 is 38.6. The van der Waals surface area contributed by atoms with E-state index in [1.165, 1.54) is 6.07 Å². The number of aryl methyl sites for hydroxylation is 1. The lowest BCUT2D eigenvalue weighted by Gasteiger charge is -2.09. The predicted octanol–water partition coefficient (Wildman–Crippen LogP) is 2.60. The summed E-state index contributed by atoms with van der Waals surface area (Å²) in [6.07, 6.45) is -4.72. The van der Waals surface area contributed by atoms with Gasteiger partial charge in [-0.05, 0) is 18.6 Å². The lowest BCUT2D eigenvalue weighted by Crippen LogP contribution is -2.16. The van der Waals surface area contributed by atoms with E-state index in [9.17, 15) is 13.2 Å². The van der Waals surface area contributed by atoms with Gasteiger partial charge in [-0.2, -0.15) is 0 Å². The highest BCUT2D eigenvalue weighted by molar-refractivity contribution is 5.38. The molecule has 0 aliphatic heterocycles. The predicted molar refractivity (Wildman–Crippen MR) is 39.5 cm³/mol. The molecule has 0 saturated carbocycles. The molecule has 0 aliphatic carbocycles. The minimum atomic E-state index is -4.72. The number of ether oxygens (including phenoxy) is 1. The molecule has 5 heteroatoms. The van der Waals surface area contributed by atoms with Gasteiger partial charge < -0.3 is 9.84 Å². The first-order chi connectivity index (χ1) is 5.88. The third kappa shape index (κ3) is 2.85. The van der Waals surface area contributed by atoms with Crippen molar-refractivity contribution < 1.29 is 23.0 Å². The Hall–Kier alpha value is -1.39. The number of hydrogen-bond donors (Lipinski definition) is 1. The van der Waals surface area contributed by atoms with Gasteiger partial charge in [0.2, 0.25) is 0 Å². The molecular weight excluding hydrogens is 185 g/mol. The molecule has 0 spiro atoms. The van der Waals surface area contributed by atoms with E-state index in [-0.39, 0.29) is 5.75 Å². The normalized spacial score (nSPS) is 11.4. The molecule has 1 N–H and O–H groups in total. The molecular formula is C8H7F3O2. The number of benzene rings is 1. The van der Waals surface area contributed by atoms with Gasteiger partial charge in [-0.1, -0.05) is 6.07 Å². The molecule has 72 valence electrons. The summed E-state index contributed by atoms with van der Waals surface area (Å²) in [5.41, 5.74) is 0.495. The van der Waals surface area contributed by atoms with Crippen LogP contribution in [0.3, 0.4) is 0 Å². The third-order valence-electron chi connectivity index (χ3n) is 1.41. The second-order valence-corrected chi connectivity index (χ2v) is 2.50. The largest absolute Gasteiger partial charge is 0.573 e. The number of phenolic OH excluding ortho intramolecular Hbond substituents is 1. The summed E-state index contributed by atoms with van der Waals surface area (Å²) in [4.78, 5) is 0. The van der Waals surface area contributed by atoms with E-state index in [2.05, 4.69) is 4.74 Å². The van der Waals surface area contributed by atoms with Gasteiger partial charge in [-0.15, -0.1) is 13.2 Å². The van der Waals surface area contributed by atoms with Crippen molar-refractivity contribution in [2.24, 2.45) is 0 Å². The molecule has 13 heavy (non-hydrogen) atoms. The summed E-state index contributed by atoms with van der Waals surface area (Å²) in [6, 6.07) is 3.40. The molecule has 0 unspecified atom stereocenters. The zero-order valence-electron chi connectivity index (χ0n) is 6.72. The van der Waals surface area contributed by atoms with Crippen molar-refractivity contribution in [3.8, 4) is 11.5 Å². The SMILES string of the molecule is Cc1ccc(OC(F)(F)F)cc1O. The molecule has 0 aliphatic rings. The number of halogens is 3. The van der Waals surface area contributed by atoms with Crippen LogP contribution in [0.4, 0.5) is 13.2 Å². The standard InChI is InChI=1S/C8H7F3O2/c1-5-2-3-6(4-7(5)12)13-8(9,10)11/h2-4,12H,1H3. The van der Waals surface area contributed by atoms with Crippen LogP contribution >= 0.6 is 0 Å². The highest BCUT2D eigenvalue weighted by atomic mass is 19.4. The number of rotatable bonds is 1. The zero-order valence-corrected chi connectivity index (χ0v) is 6.72. The van der Waals surface area contributed by atoms with Crippen molar-refractivity contribution in [1.82, 2.24) is 0 Å². The van der Waals surface area contributed by atoms with E-state index in [1.807, 2.05) is 0 Å². The topological polar surface area (TPSA) is 29.5 Å². The maximum atomic E-state index is 11.7. The minimum Gasteiger partial charge on any atom is -0.508 e. The van der Waals surface area contributed by atoms with Crippen molar-refractivity contribution in [2.75, 3.05) is 0 Å². The van der Waals surface area contributed by atoms with Crippen LogP contribution in [-0.2, 0) is 0 Å². The van der Waals surface area contributed by atoms with E-state index in [4.69, 9.17) is 5.11 Å². The highest BCUT2D eigenvalue weighted by Crippen LogP contribution is 2.27. The van der Waals surface area contributed by atoms with Gasteiger partial charge in [0.05, 0.1) is 0 Å². The fourth-order valence-corrected chi connectivity index (χ4v) is 0.786. The Morgan fingerprint density at radius 2 is 1.92 bits per heavy atom. The molecule has 1 rings (SSSR count). The van der Waals surface area contributed by atoms with Gasteiger partial charge in [0.25, 0.3) is 0 Å². The van der Waals surface area contributed by atoms with Gasteiger partial charge in [0.1, 0.15) is 11.5 Å². The van der Waals surface area contributed by atoms with Gasteiger partial charge in [0.15, 0.2) is 0 Å². The number of alkyl halides is 3. The molecule has 0 radical (unpaired) electrons. The lowest BCUT2D eigenvalue weighted by molar-refractivity contribution is -0.274. The first kappa shape index (κ1) is 9.70. The molecule has 0 saturated heterocycles. The van der Waals surface area contributed by atoms with E-state index >= 15 is 0 Å². The second kappa shape index (κ2) is 3.16. The zero-order chi connectivity index (χ0) is 10.1. The van der Waals surface area contributed by atoms with E-state index in [0.717, 1.165) is 12.1 Å². The Kier molecular flexibility index (Phi) is 2.36. The third-order valence-corrected chi connectivity index (χ3v) is 1.41. The molecule has 2 nitrogen and oxygen atoms in total. The molecule has 0 fully saturated rings. The van der Waals surface area contributed by atoms with Gasteiger partial charge in [-0.3, -0.25) is 0 Å². The summed E-state index contributed by atoms with van der Waals surface area (Å²) in [7, 11) is 0. The maximum Gasteiger partial charge on any atom is 0.573 e. The van der Waals surface area contributed by atoms with Gasteiger partial charge in [0, 0.05) is 6.07 Å². The molecule has 0 heterocycles. The summed E-state index contributed by atoms with van der Waals surface area (Å²) in [6.45, 7) is 1.58. The van der Waals surface area contributed by atoms with Crippen molar-refractivity contribution in [3.05, 3.63) is 23.8 Å². The van der Waals surface area contributed by atoms with Crippen molar-refractivity contribution in [2.45, 2.75) is 13.3 Å². The van der Waals surface area contributed by atoms with Crippen LogP contribution in [0.5, 0.6) is 11.5 Å². The van der Waals surface area contributed by atoms with Gasteiger partial charge >= 0.3 is 6.36 Å². The smallest absolute Gasteiger partial charge is 0.508 e. The first-order valence-electron chi connectivity index (χ1n) is 3.44. The molecule has 0 bridgehead atoms. The molecule has 0 aromatic heterocycles. The monoisotopic (exact) mass is 192 g/mol. The maximum absolute atomic E-state index is 11.7. The Bertz CT molecular complexity index is 307. The minimum absolute atomic E-state index is 0.221. The fourth-order valence-electron chi connectivity index (χ4n) is 0.786. The molecule has 0 atom stereocenters. The van der Waals surface area contributed by atoms with Crippen LogP contribution in [0.1, 0.15) is 5.56 Å². The first-order valence-corrected chi connectivity index (χ1v) is 3.44. The number of phenols is 1. The van der Waals surface area contributed by atoms with Crippen molar-refractivity contribution >= 4 is 0 Å². The van der Waals surface area contributed by atoms with Crippen LogP contribution in [0.15, 0.2) is 18.2 Å². The Morgan fingerprint density at radius 3 is 2.38 bits per heavy atom. The van der Waals surface area contributed by atoms with E-state index in [0.29, 0.717) is 5.56 Å². The van der Waals surface area contributed by atoms with Crippen LogP contribution in [0.25, 0.3) is 0 Å². The average Bonchev–Trinajstić information content (AvgIpc) is 1.94. The highest BCUT2D eigenvalue weighted by Gasteiger charge is 2.31. The summed E-state index contributed by atoms with van der Waals surface area (Å²) in [5, 5.41) is 9.05. The van der Waals surface area contributed by atoms with Crippen LogP contribution in [0, 0.1) is 6.92 Å². The molecule has 1 aromatic carbocycles. The van der Waals surface area contributed by atoms with Crippen LogP contribution in [0.2, 0.25) is 0 Å².